The van der Waals surface area contributed by atoms with Crippen molar-refractivity contribution in [1.29, 1.82) is 0 Å². The third-order valence-corrected chi connectivity index (χ3v) is 3.36. The Hall–Kier alpha value is -1.33. The number of amides is 1. The predicted octanol–water partition coefficient (Wildman–Crippen LogP) is 1.92. The van der Waals surface area contributed by atoms with Crippen LogP contribution in [0.25, 0.3) is 0 Å². The van der Waals surface area contributed by atoms with E-state index in [2.05, 4.69) is 11.9 Å². The van der Waals surface area contributed by atoms with Crippen LogP contribution in [-0.4, -0.2) is 20.9 Å². The summed E-state index contributed by atoms with van der Waals surface area (Å²) < 4.78 is 22.2. The highest BCUT2D eigenvalue weighted by atomic mass is 35.7. The molecule has 0 radical (unpaired) electrons. The van der Waals surface area contributed by atoms with E-state index in [-0.39, 0.29) is 16.4 Å². The summed E-state index contributed by atoms with van der Waals surface area (Å²) in [7, 11) is 1.38. The van der Waals surface area contributed by atoms with Crippen LogP contribution in [0.15, 0.2) is 41.8 Å². The highest BCUT2D eigenvalue weighted by molar-refractivity contribution is 8.13. The summed E-state index contributed by atoms with van der Waals surface area (Å²) in [5.74, 6) is -0.339. The van der Waals surface area contributed by atoms with Gasteiger partial charge in [-0.05, 0) is 24.6 Å². The lowest BCUT2D eigenvalue weighted by Gasteiger charge is -2.04. The second-order valence-corrected chi connectivity index (χ2v) is 5.86. The molecule has 0 aromatic heterocycles. The fraction of sp³-hybridized carbons (Fsp3) is 0.182. The standard InChI is InChI=1S/C11H12ClNO3S/c1-2-3-7-13-11(14)9-5-4-6-10(8-9)17(12,15)16/h2,4-6,8H,1,3,7H2,(H,13,14). The molecule has 0 fully saturated rings. The minimum atomic E-state index is -3.81. The molecule has 0 saturated carbocycles. The predicted molar refractivity (Wildman–Crippen MR) is 66.6 cm³/mol. The van der Waals surface area contributed by atoms with Gasteiger partial charge in [0.2, 0.25) is 0 Å². The number of carbonyl (C=O) groups is 1. The van der Waals surface area contributed by atoms with E-state index in [1.165, 1.54) is 24.3 Å². The van der Waals surface area contributed by atoms with E-state index >= 15 is 0 Å². The van der Waals surface area contributed by atoms with Crippen LogP contribution in [0.2, 0.25) is 0 Å². The zero-order chi connectivity index (χ0) is 12.9. The lowest BCUT2D eigenvalue weighted by Crippen LogP contribution is -2.24. The summed E-state index contributed by atoms with van der Waals surface area (Å²) in [5, 5.41) is 2.63. The minimum absolute atomic E-state index is 0.0875. The highest BCUT2D eigenvalue weighted by Crippen LogP contribution is 2.15. The van der Waals surface area contributed by atoms with Gasteiger partial charge >= 0.3 is 0 Å². The molecule has 1 amide bonds. The van der Waals surface area contributed by atoms with Crippen LogP contribution >= 0.6 is 10.7 Å². The number of hydrogen-bond acceptors (Lipinski definition) is 3. The van der Waals surface area contributed by atoms with Gasteiger partial charge in [-0.25, -0.2) is 8.42 Å². The molecule has 0 spiro atoms. The van der Waals surface area contributed by atoms with Crippen LogP contribution in [0, 0.1) is 0 Å². The maximum absolute atomic E-state index is 11.6. The molecule has 4 nitrogen and oxygen atoms in total. The number of halogens is 1. The monoisotopic (exact) mass is 273 g/mol. The molecular formula is C11H12ClNO3S. The first-order chi connectivity index (χ1) is 7.95. The number of rotatable bonds is 5. The van der Waals surface area contributed by atoms with Crippen molar-refractivity contribution in [1.82, 2.24) is 5.32 Å². The van der Waals surface area contributed by atoms with Crippen molar-refractivity contribution in [3.63, 3.8) is 0 Å². The second-order valence-electron chi connectivity index (χ2n) is 3.30. The first-order valence-corrected chi connectivity index (χ1v) is 7.20. The van der Waals surface area contributed by atoms with E-state index in [0.717, 1.165) is 0 Å². The molecule has 0 bridgehead atoms. The average Bonchev–Trinajstić information content (AvgIpc) is 2.28. The van der Waals surface area contributed by atoms with E-state index < -0.39 is 9.05 Å². The summed E-state index contributed by atoms with van der Waals surface area (Å²) in [6, 6.07) is 5.57. The largest absolute Gasteiger partial charge is 0.352 e. The lowest BCUT2D eigenvalue weighted by molar-refractivity contribution is 0.0954. The molecule has 1 aromatic carbocycles. The van der Waals surface area contributed by atoms with Crippen molar-refractivity contribution in [2.75, 3.05) is 6.54 Å². The van der Waals surface area contributed by atoms with Gasteiger partial charge in [-0.1, -0.05) is 12.1 Å². The third-order valence-electron chi connectivity index (χ3n) is 2.01. The van der Waals surface area contributed by atoms with E-state index in [0.29, 0.717) is 13.0 Å². The molecule has 0 aliphatic rings. The number of hydrogen-bond donors (Lipinski definition) is 1. The number of benzene rings is 1. The Morgan fingerprint density at radius 3 is 2.76 bits per heavy atom. The molecule has 0 saturated heterocycles. The van der Waals surface area contributed by atoms with Gasteiger partial charge in [-0.2, -0.15) is 0 Å². The summed E-state index contributed by atoms with van der Waals surface area (Å²) in [4.78, 5) is 11.5. The molecule has 0 aliphatic carbocycles. The van der Waals surface area contributed by atoms with Gasteiger partial charge in [0, 0.05) is 22.8 Å². The average molecular weight is 274 g/mol. The molecule has 0 atom stereocenters. The van der Waals surface area contributed by atoms with Crippen LogP contribution in [-0.2, 0) is 9.05 Å². The molecule has 6 heteroatoms. The topological polar surface area (TPSA) is 63.2 Å². The SMILES string of the molecule is C=CCCNC(=O)c1cccc(S(=O)(=O)Cl)c1. The van der Waals surface area contributed by atoms with E-state index in [4.69, 9.17) is 10.7 Å². The Morgan fingerprint density at radius 2 is 2.18 bits per heavy atom. The van der Waals surface area contributed by atoms with Crippen LogP contribution in [0.5, 0.6) is 0 Å². The summed E-state index contributed by atoms with van der Waals surface area (Å²) in [5.41, 5.74) is 0.260. The zero-order valence-electron chi connectivity index (χ0n) is 9.02. The fourth-order valence-corrected chi connectivity index (χ4v) is 1.98. The van der Waals surface area contributed by atoms with Gasteiger partial charge in [-0.3, -0.25) is 4.79 Å². The van der Waals surface area contributed by atoms with E-state index in [9.17, 15) is 13.2 Å². The van der Waals surface area contributed by atoms with Gasteiger partial charge in [0.05, 0.1) is 4.90 Å². The first kappa shape index (κ1) is 13.7. The molecule has 1 N–H and O–H groups in total. The quantitative estimate of drug-likeness (QED) is 0.506. The van der Waals surface area contributed by atoms with Crippen LogP contribution in [0.4, 0.5) is 0 Å². The zero-order valence-corrected chi connectivity index (χ0v) is 10.6. The Morgan fingerprint density at radius 1 is 1.47 bits per heavy atom. The molecule has 1 aromatic rings. The van der Waals surface area contributed by atoms with Crippen LogP contribution in [0.1, 0.15) is 16.8 Å². The van der Waals surface area contributed by atoms with Crippen molar-refractivity contribution in [3.8, 4) is 0 Å². The molecule has 0 aliphatic heterocycles. The molecule has 17 heavy (non-hydrogen) atoms. The Balaban J connectivity index is 2.85. The van der Waals surface area contributed by atoms with Gasteiger partial charge in [0.15, 0.2) is 0 Å². The molecular weight excluding hydrogens is 262 g/mol. The Kier molecular flexibility index (Phi) is 4.72. The maximum Gasteiger partial charge on any atom is 0.261 e. The van der Waals surface area contributed by atoms with E-state index in [1.807, 2.05) is 0 Å². The minimum Gasteiger partial charge on any atom is -0.352 e. The van der Waals surface area contributed by atoms with Crippen molar-refractivity contribution >= 4 is 25.6 Å². The van der Waals surface area contributed by atoms with Crippen molar-refractivity contribution in [2.24, 2.45) is 0 Å². The van der Waals surface area contributed by atoms with Crippen molar-refractivity contribution in [3.05, 3.63) is 42.5 Å². The molecule has 0 unspecified atom stereocenters. The Bertz CT molecular complexity index is 525. The van der Waals surface area contributed by atoms with E-state index in [1.54, 1.807) is 6.08 Å². The third kappa shape index (κ3) is 4.20. The van der Waals surface area contributed by atoms with Gasteiger partial charge in [0.1, 0.15) is 0 Å². The number of nitrogens with one attached hydrogen (secondary N) is 1. The summed E-state index contributed by atoms with van der Waals surface area (Å²) >= 11 is 0. The normalized spacial score (nSPS) is 10.9. The van der Waals surface area contributed by atoms with Crippen LogP contribution < -0.4 is 5.32 Å². The molecule has 92 valence electrons. The van der Waals surface area contributed by atoms with Gasteiger partial charge in [-0.15, -0.1) is 6.58 Å². The smallest absolute Gasteiger partial charge is 0.261 e. The van der Waals surface area contributed by atoms with Gasteiger partial charge < -0.3 is 5.32 Å². The Labute approximate surface area is 105 Å². The lowest BCUT2D eigenvalue weighted by atomic mass is 10.2. The van der Waals surface area contributed by atoms with Crippen LogP contribution in [0.3, 0.4) is 0 Å². The second kappa shape index (κ2) is 5.84. The van der Waals surface area contributed by atoms with Gasteiger partial charge in [0.25, 0.3) is 15.0 Å². The maximum atomic E-state index is 11.6. The summed E-state index contributed by atoms with van der Waals surface area (Å²) in [6.45, 7) is 3.99. The highest BCUT2D eigenvalue weighted by Gasteiger charge is 2.12. The van der Waals surface area contributed by atoms with Crippen molar-refractivity contribution < 1.29 is 13.2 Å². The fourth-order valence-electron chi connectivity index (χ4n) is 1.18. The number of carbonyl (C=O) groups excluding carboxylic acids is 1. The molecule has 0 heterocycles. The first-order valence-electron chi connectivity index (χ1n) is 4.89. The van der Waals surface area contributed by atoms with Crippen molar-refractivity contribution in [2.45, 2.75) is 11.3 Å². The summed E-state index contributed by atoms with van der Waals surface area (Å²) in [6.07, 6.45) is 2.33. The molecule has 1 rings (SSSR count).